The normalized spacial score (nSPS) is 10.5. The second-order valence-electron chi connectivity index (χ2n) is 4.03. The summed E-state index contributed by atoms with van der Waals surface area (Å²) < 4.78 is 0. The van der Waals surface area contributed by atoms with Gasteiger partial charge >= 0.3 is 0 Å². The summed E-state index contributed by atoms with van der Waals surface area (Å²) in [6, 6.07) is 9.14. The smallest absolute Gasteiger partial charge is 0.187 e. The highest BCUT2D eigenvalue weighted by atomic mass is 35.5. The third-order valence-electron chi connectivity index (χ3n) is 2.62. The van der Waals surface area contributed by atoms with E-state index >= 15 is 0 Å². The van der Waals surface area contributed by atoms with Crippen LogP contribution in [0.25, 0.3) is 11.3 Å². The number of aromatic nitrogens is 2. The number of anilines is 2. The van der Waals surface area contributed by atoms with Gasteiger partial charge < -0.3 is 5.32 Å². The van der Waals surface area contributed by atoms with Crippen LogP contribution >= 0.6 is 34.5 Å². The van der Waals surface area contributed by atoms with Crippen molar-refractivity contribution in [3.05, 3.63) is 58.2 Å². The minimum absolute atomic E-state index is 0.632. The van der Waals surface area contributed by atoms with Gasteiger partial charge in [0.05, 0.1) is 22.6 Å². The van der Waals surface area contributed by atoms with Crippen LogP contribution in [0.1, 0.15) is 0 Å². The van der Waals surface area contributed by atoms with E-state index in [9.17, 15) is 0 Å². The van der Waals surface area contributed by atoms with E-state index in [1.807, 2.05) is 23.6 Å². The number of hydrogen-bond acceptors (Lipinski definition) is 4. The molecule has 0 saturated carbocycles. The first-order valence-electron chi connectivity index (χ1n) is 5.80. The molecule has 0 bridgehead atoms. The Morgan fingerprint density at radius 2 is 2.05 bits per heavy atom. The summed E-state index contributed by atoms with van der Waals surface area (Å²) in [4.78, 5) is 8.56. The summed E-state index contributed by atoms with van der Waals surface area (Å²) in [6.07, 6.45) is 3.47. The van der Waals surface area contributed by atoms with Crippen LogP contribution in [-0.2, 0) is 0 Å². The molecule has 0 amide bonds. The Morgan fingerprint density at radius 3 is 2.85 bits per heavy atom. The van der Waals surface area contributed by atoms with Gasteiger partial charge in [0.15, 0.2) is 5.13 Å². The van der Waals surface area contributed by atoms with Gasteiger partial charge in [-0.1, -0.05) is 23.2 Å². The van der Waals surface area contributed by atoms with E-state index in [0.717, 1.165) is 22.1 Å². The maximum Gasteiger partial charge on any atom is 0.187 e. The number of nitrogens with one attached hydrogen (secondary N) is 1. The summed E-state index contributed by atoms with van der Waals surface area (Å²) in [6.45, 7) is 0. The largest absolute Gasteiger partial charge is 0.330 e. The lowest BCUT2D eigenvalue weighted by atomic mass is 10.2. The van der Waals surface area contributed by atoms with Gasteiger partial charge in [-0.3, -0.25) is 4.98 Å². The molecule has 20 heavy (non-hydrogen) atoms. The second kappa shape index (κ2) is 5.79. The maximum atomic E-state index is 6.18. The van der Waals surface area contributed by atoms with Crippen LogP contribution in [0.15, 0.2) is 48.1 Å². The monoisotopic (exact) mass is 321 g/mol. The highest BCUT2D eigenvalue weighted by molar-refractivity contribution is 7.14. The van der Waals surface area contributed by atoms with Gasteiger partial charge in [-0.05, 0) is 30.3 Å². The summed E-state index contributed by atoms with van der Waals surface area (Å²) in [5, 5.41) is 7.19. The van der Waals surface area contributed by atoms with Gasteiger partial charge in [-0.25, -0.2) is 4.98 Å². The van der Waals surface area contributed by atoms with Crippen LogP contribution in [0.2, 0.25) is 10.0 Å². The van der Waals surface area contributed by atoms with Crippen molar-refractivity contribution in [3.63, 3.8) is 0 Å². The molecule has 3 rings (SSSR count). The zero-order chi connectivity index (χ0) is 13.9. The minimum atomic E-state index is 0.632. The number of halogens is 2. The molecule has 3 nitrogen and oxygen atoms in total. The molecule has 6 heteroatoms. The minimum Gasteiger partial charge on any atom is -0.330 e. The highest BCUT2D eigenvalue weighted by Gasteiger charge is 2.09. The number of hydrogen-bond donors (Lipinski definition) is 1. The fourth-order valence-corrected chi connectivity index (χ4v) is 2.83. The van der Waals surface area contributed by atoms with Gasteiger partial charge in [0.1, 0.15) is 0 Å². The fraction of sp³-hybridized carbons (Fsp3) is 0. The number of rotatable bonds is 3. The molecule has 3 aromatic rings. The molecule has 0 radical (unpaired) electrons. The van der Waals surface area contributed by atoms with E-state index in [4.69, 9.17) is 23.2 Å². The fourth-order valence-electron chi connectivity index (χ4n) is 1.71. The number of pyridine rings is 1. The predicted octanol–water partition coefficient (Wildman–Crippen LogP) is 5.26. The Labute approximate surface area is 130 Å². The molecule has 0 aliphatic carbocycles. The lowest BCUT2D eigenvalue weighted by molar-refractivity contribution is 1.31. The molecule has 100 valence electrons. The van der Waals surface area contributed by atoms with Gasteiger partial charge in [0, 0.05) is 22.2 Å². The summed E-state index contributed by atoms with van der Waals surface area (Å²) in [7, 11) is 0. The van der Waals surface area contributed by atoms with Crippen LogP contribution in [0.5, 0.6) is 0 Å². The van der Waals surface area contributed by atoms with Crippen LogP contribution in [0.4, 0.5) is 10.8 Å². The SMILES string of the molecule is Clc1ccc(Cl)c(-c2csc(Nc3cccnc3)n2)c1. The summed E-state index contributed by atoms with van der Waals surface area (Å²) in [5.74, 6) is 0. The Bertz CT molecular complexity index is 728. The summed E-state index contributed by atoms with van der Waals surface area (Å²) >= 11 is 13.7. The lowest BCUT2D eigenvalue weighted by Crippen LogP contribution is -1.90. The molecule has 0 spiro atoms. The van der Waals surface area contributed by atoms with Crippen molar-refractivity contribution in [2.45, 2.75) is 0 Å². The first-order valence-corrected chi connectivity index (χ1v) is 7.44. The molecule has 1 N–H and O–H groups in total. The van der Waals surface area contributed by atoms with Crippen molar-refractivity contribution in [2.24, 2.45) is 0 Å². The van der Waals surface area contributed by atoms with Gasteiger partial charge in [0.2, 0.25) is 0 Å². The van der Waals surface area contributed by atoms with Crippen molar-refractivity contribution < 1.29 is 0 Å². The van der Waals surface area contributed by atoms with Gasteiger partial charge in [-0.15, -0.1) is 11.3 Å². The zero-order valence-electron chi connectivity index (χ0n) is 10.2. The van der Waals surface area contributed by atoms with E-state index in [-0.39, 0.29) is 0 Å². The van der Waals surface area contributed by atoms with E-state index in [0.29, 0.717) is 10.0 Å². The van der Waals surface area contributed by atoms with E-state index < -0.39 is 0 Å². The molecule has 2 aromatic heterocycles. The quantitative estimate of drug-likeness (QED) is 0.715. The molecule has 0 fully saturated rings. The molecular weight excluding hydrogens is 313 g/mol. The predicted molar refractivity (Wildman–Crippen MR) is 85.1 cm³/mol. The number of thiazole rings is 1. The standard InChI is InChI=1S/C14H9Cl2N3S/c15-9-3-4-12(16)11(6-9)13-8-20-14(19-13)18-10-2-1-5-17-7-10/h1-8H,(H,18,19). The summed E-state index contributed by atoms with van der Waals surface area (Å²) in [5.41, 5.74) is 2.52. The van der Waals surface area contributed by atoms with Crippen LogP contribution in [-0.4, -0.2) is 9.97 Å². The Kier molecular flexibility index (Phi) is 3.87. The Balaban J connectivity index is 1.88. The molecule has 2 heterocycles. The first-order chi connectivity index (χ1) is 9.72. The molecule has 0 aliphatic heterocycles. The third kappa shape index (κ3) is 2.93. The van der Waals surface area contributed by atoms with Crippen molar-refractivity contribution in [1.29, 1.82) is 0 Å². The van der Waals surface area contributed by atoms with E-state index in [1.165, 1.54) is 11.3 Å². The lowest BCUT2D eigenvalue weighted by Gasteiger charge is -2.02. The van der Waals surface area contributed by atoms with Crippen LogP contribution < -0.4 is 5.32 Å². The topological polar surface area (TPSA) is 37.8 Å². The van der Waals surface area contributed by atoms with Crippen molar-refractivity contribution in [2.75, 3.05) is 5.32 Å². The molecule has 0 unspecified atom stereocenters. The van der Waals surface area contributed by atoms with Crippen LogP contribution in [0.3, 0.4) is 0 Å². The maximum absolute atomic E-state index is 6.18. The molecular formula is C14H9Cl2N3S. The molecule has 0 atom stereocenters. The number of nitrogens with zero attached hydrogens (tertiary/aromatic N) is 2. The first kappa shape index (κ1) is 13.4. The highest BCUT2D eigenvalue weighted by Crippen LogP contribution is 2.33. The van der Waals surface area contributed by atoms with E-state index in [2.05, 4.69) is 15.3 Å². The third-order valence-corrected chi connectivity index (χ3v) is 3.94. The molecule has 1 aromatic carbocycles. The molecule has 0 saturated heterocycles. The van der Waals surface area contributed by atoms with Crippen molar-refractivity contribution in [1.82, 2.24) is 9.97 Å². The Hall–Kier alpha value is -1.62. The van der Waals surface area contributed by atoms with Crippen molar-refractivity contribution >= 4 is 45.4 Å². The van der Waals surface area contributed by atoms with Crippen molar-refractivity contribution in [3.8, 4) is 11.3 Å². The number of benzene rings is 1. The average molecular weight is 322 g/mol. The van der Waals surface area contributed by atoms with Gasteiger partial charge in [0.25, 0.3) is 0 Å². The average Bonchev–Trinajstić information content (AvgIpc) is 2.91. The molecule has 0 aliphatic rings. The second-order valence-corrected chi connectivity index (χ2v) is 5.73. The van der Waals surface area contributed by atoms with Crippen LogP contribution in [0, 0.1) is 0 Å². The zero-order valence-corrected chi connectivity index (χ0v) is 12.5. The van der Waals surface area contributed by atoms with Gasteiger partial charge in [-0.2, -0.15) is 0 Å². The van der Waals surface area contributed by atoms with E-state index in [1.54, 1.807) is 24.5 Å². The Morgan fingerprint density at radius 1 is 1.15 bits per heavy atom.